The lowest BCUT2D eigenvalue weighted by atomic mass is 9.96. The highest BCUT2D eigenvalue weighted by molar-refractivity contribution is 7.80. The van der Waals surface area contributed by atoms with Gasteiger partial charge >= 0.3 is 0 Å². The number of rotatable bonds is 7. The molecule has 2 atom stereocenters. The smallest absolute Gasteiger partial charge is 0.170 e. The number of nitrogens with zero attached hydrogens (tertiary/aromatic N) is 5. The van der Waals surface area contributed by atoms with Crippen molar-refractivity contribution >= 4 is 23.0 Å². The highest BCUT2D eigenvalue weighted by Crippen LogP contribution is 2.41. The summed E-state index contributed by atoms with van der Waals surface area (Å²) in [6, 6.07) is 17.4. The van der Waals surface area contributed by atoms with Crippen molar-refractivity contribution in [3.05, 3.63) is 77.4 Å². The molecule has 0 spiro atoms. The SMILES string of the molecule is Cc1cc([C@@H]2[C@@H](c3ccccn3)NC(=S)N2CCN(C)C)c(C)n1-c1ccc(N2CCOCC2)cc1. The fourth-order valence-corrected chi connectivity index (χ4v) is 5.74. The minimum atomic E-state index is -0.00138. The molecule has 0 radical (unpaired) electrons. The van der Waals surface area contributed by atoms with Gasteiger partial charge in [0.05, 0.1) is 31.0 Å². The average molecular weight is 505 g/mol. The molecule has 5 rings (SSSR count). The number of morpholine rings is 1. The summed E-state index contributed by atoms with van der Waals surface area (Å²) in [4.78, 5) is 11.6. The van der Waals surface area contributed by atoms with Gasteiger partial charge < -0.3 is 29.3 Å². The third-order valence-corrected chi connectivity index (χ3v) is 7.61. The monoisotopic (exact) mass is 504 g/mol. The lowest BCUT2D eigenvalue weighted by molar-refractivity contribution is 0.122. The largest absolute Gasteiger partial charge is 0.378 e. The van der Waals surface area contributed by atoms with E-state index in [1.54, 1.807) is 0 Å². The first-order chi connectivity index (χ1) is 17.4. The fourth-order valence-electron chi connectivity index (χ4n) is 5.41. The van der Waals surface area contributed by atoms with Gasteiger partial charge in [-0.3, -0.25) is 4.98 Å². The van der Waals surface area contributed by atoms with Crippen LogP contribution in [0.1, 0.15) is 34.7 Å². The van der Waals surface area contributed by atoms with Crippen LogP contribution in [0.3, 0.4) is 0 Å². The predicted molar refractivity (Wildman–Crippen MR) is 149 cm³/mol. The van der Waals surface area contributed by atoms with Crippen LogP contribution in [-0.2, 0) is 4.74 Å². The van der Waals surface area contributed by atoms with E-state index in [1.807, 2.05) is 18.3 Å². The molecule has 0 unspecified atom stereocenters. The number of likely N-dealkylation sites (N-methyl/N-ethyl adjacent to an activating group) is 1. The van der Waals surface area contributed by atoms with Gasteiger partial charge in [0.15, 0.2) is 5.11 Å². The van der Waals surface area contributed by atoms with Crippen LogP contribution >= 0.6 is 12.2 Å². The molecular weight excluding hydrogens is 468 g/mol. The van der Waals surface area contributed by atoms with Gasteiger partial charge in [-0.2, -0.15) is 0 Å². The maximum absolute atomic E-state index is 5.85. The van der Waals surface area contributed by atoms with Crippen molar-refractivity contribution in [1.29, 1.82) is 0 Å². The number of pyridine rings is 1. The lowest BCUT2D eigenvalue weighted by Crippen LogP contribution is -2.36. The Balaban J connectivity index is 1.50. The van der Waals surface area contributed by atoms with Crippen LogP contribution in [0, 0.1) is 13.8 Å². The zero-order valence-corrected chi connectivity index (χ0v) is 22.5. The van der Waals surface area contributed by atoms with Crippen LogP contribution in [-0.4, -0.2) is 78.0 Å². The Hall–Kier alpha value is -2.94. The molecule has 190 valence electrons. The highest BCUT2D eigenvalue weighted by atomic mass is 32.1. The van der Waals surface area contributed by atoms with E-state index in [0.29, 0.717) is 0 Å². The van der Waals surface area contributed by atoms with Crippen molar-refractivity contribution < 1.29 is 4.74 Å². The number of benzene rings is 1. The van der Waals surface area contributed by atoms with Crippen molar-refractivity contribution in [3.8, 4) is 5.69 Å². The van der Waals surface area contributed by atoms with Gasteiger partial charge in [-0.1, -0.05) is 6.07 Å². The van der Waals surface area contributed by atoms with Crippen molar-refractivity contribution in [1.82, 2.24) is 24.7 Å². The van der Waals surface area contributed by atoms with Crippen molar-refractivity contribution in [2.24, 2.45) is 0 Å². The summed E-state index contributed by atoms with van der Waals surface area (Å²) in [6.07, 6.45) is 1.86. The molecule has 0 aliphatic carbocycles. The number of hydrogen-bond acceptors (Lipinski definition) is 5. The van der Waals surface area contributed by atoms with Crippen molar-refractivity contribution in [3.63, 3.8) is 0 Å². The van der Waals surface area contributed by atoms with Gasteiger partial charge in [0.25, 0.3) is 0 Å². The molecular formula is C28H36N6OS. The molecule has 7 nitrogen and oxygen atoms in total. The molecule has 1 N–H and O–H groups in total. The number of aryl methyl sites for hydroxylation is 1. The predicted octanol–water partition coefficient (Wildman–Crippen LogP) is 3.86. The van der Waals surface area contributed by atoms with Gasteiger partial charge in [0.2, 0.25) is 0 Å². The molecule has 2 aliphatic heterocycles. The van der Waals surface area contributed by atoms with Gasteiger partial charge in [-0.15, -0.1) is 0 Å². The van der Waals surface area contributed by atoms with E-state index in [9.17, 15) is 0 Å². The van der Waals surface area contributed by atoms with Crippen LogP contribution in [0.25, 0.3) is 5.69 Å². The summed E-state index contributed by atoms with van der Waals surface area (Å²) < 4.78 is 7.87. The van der Waals surface area contributed by atoms with Crippen LogP contribution in [0.4, 0.5) is 5.69 Å². The Labute approximate surface area is 219 Å². The lowest BCUT2D eigenvalue weighted by Gasteiger charge is -2.29. The molecule has 0 amide bonds. The molecule has 8 heteroatoms. The van der Waals surface area contributed by atoms with Crippen molar-refractivity contribution in [2.75, 3.05) is 58.4 Å². The van der Waals surface area contributed by atoms with Crippen LogP contribution in [0.2, 0.25) is 0 Å². The second kappa shape index (κ2) is 10.6. The average Bonchev–Trinajstić information content (AvgIpc) is 3.38. The number of aromatic nitrogens is 2. The Morgan fingerprint density at radius 1 is 1.06 bits per heavy atom. The van der Waals surface area contributed by atoms with E-state index in [0.717, 1.165) is 50.2 Å². The minimum Gasteiger partial charge on any atom is -0.378 e. The van der Waals surface area contributed by atoms with E-state index in [2.05, 4.69) is 88.9 Å². The maximum Gasteiger partial charge on any atom is 0.170 e. The molecule has 3 aromatic rings. The third kappa shape index (κ3) is 4.85. The first kappa shape index (κ1) is 24.7. The van der Waals surface area contributed by atoms with Gasteiger partial charge in [0.1, 0.15) is 0 Å². The Bertz CT molecular complexity index is 1190. The molecule has 2 aromatic heterocycles. The maximum atomic E-state index is 5.85. The summed E-state index contributed by atoms with van der Waals surface area (Å²) in [5, 5.41) is 4.37. The molecule has 36 heavy (non-hydrogen) atoms. The number of nitrogens with one attached hydrogen (secondary N) is 1. The Morgan fingerprint density at radius 3 is 2.44 bits per heavy atom. The van der Waals surface area contributed by atoms with Crippen LogP contribution in [0.5, 0.6) is 0 Å². The minimum absolute atomic E-state index is 0.00138. The molecule has 2 aliphatic rings. The summed E-state index contributed by atoms with van der Waals surface area (Å²) in [6.45, 7) is 9.65. The first-order valence-electron chi connectivity index (χ1n) is 12.7. The third-order valence-electron chi connectivity index (χ3n) is 7.26. The molecule has 2 fully saturated rings. The molecule has 4 heterocycles. The van der Waals surface area contributed by atoms with Gasteiger partial charge in [0, 0.05) is 55.1 Å². The van der Waals surface area contributed by atoms with Crippen molar-refractivity contribution in [2.45, 2.75) is 25.9 Å². The quantitative estimate of drug-likeness (QED) is 0.491. The summed E-state index contributed by atoms with van der Waals surface area (Å²) in [5.74, 6) is 0. The second-order valence-corrected chi connectivity index (χ2v) is 10.3. The van der Waals surface area contributed by atoms with Gasteiger partial charge in [-0.05, 0) is 88.2 Å². The number of ether oxygens (including phenoxy) is 1. The number of hydrogen-bond donors (Lipinski definition) is 1. The molecule has 1 aromatic carbocycles. The summed E-state index contributed by atoms with van der Waals surface area (Å²) in [5.41, 5.74) is 7.17. The topological polar surface area (TPSA) is 48.8 Å². The normalized spacial score (nSPS) is 20.3. The van der Waals surface area contributed by atoms with E-state index in [4.69, 9.17) is 21.9 Å². The van der Waals surface area contributed by atoms with E-state index < -0.39 is 0 Å². The first-order valence-corrected chi connectivity index (χ1v) is 13.1. The Morgan fingerprint density at radius 2 is 1.78 bits per heavy atom. The number of anilines is 1. The van der Waals surface area contributed by atoms with Crippen LogP contribution < -0.4 is 10.2 Å². The second-order valence-electron chi connectivity index (χ2n) is 9.90. The standard InChI is InChI=1S/C28H36N6OS/c1-20-19-24(21(2)34(20)23-10-8-22(9-11-23)32-15-17-35-18-16-32)27-26(25-7-5-6-12-29-25)30-28(36)33(27)14-13-31(3)4/h5-12,19,26-27H,13-18H2,1-4H3,(H,30,36)/t26-,27-/m1/s1. The highest BCUT2D eigenvalue weighted by Gasteiger charge is 2.41. The molecule has 0 saturated carbocycles. The van der Waals surface area contributed by atoms with Gasteiger partial charge in [-0.25, -0.2) is 0 Å². The summed E-state index contributed by atoms with van der Waals surface area (Å²) in [7, 11) is 4.20. The van der Waals surface area contributed by atoms with E-state index in [-0.39, 0.29) is 12.1 Å². The number of thiocarbonyl (C=S) groups is 1. The Kier molecular flexibility index (Phi) is 7.27. The fraction of sp³-hybridized carbons (Fsp3) is 0.429. The van der Waals surface area contributed by atoms with E-state index >= 15 is 0 Å². The molecule has 2 saturated heterocycles. The zero-order valence-electron chi connectivity index (χ0n) is 21.6. The zero-order chi connectivity index (χ0) is 25.2. The van der Waals surface area contributed by atoms with E-state index in [1.165, 1.54) is 28.3 Å². The molecule has 0 bridgehead atoms. The van der Waals surface area contributed by atoms with Crippen LogP contribution in [0.15, 0.2) is 54.7 Å². The summed E-state index contributed by atoms with van der Waals surface area (Å²) >= 11 is 5.85.